The van der Waals surface area contributed by atoms with Crippen LogP contribution in [0.4, 0.5) is 0 Å². The lowest BCUT2D eigenvalue weighted by Gasteiger charge is -2.38. The Morgan fingerprint density at radius 3 is 2.10 bits per heavy atom. The van der Waals surface area contributed by atoms with Gasteiger partial charge in [-0.15, -0.1) is 0 Å². The van der Waals surface area contributed by atoms with Crippen LogP contribution in [0.5, 0.6) is 0 Å². The molecule has 0 N–H and O–H groups in total. The SMILES string of the molecule is CCCC(=O)OC1(OC(=O)CCC)CCCC(OC)C1. The van der Waals surface area contributed by atoms with Crippen molar-refractivity contribution in [1.29, 1.82) is 0 Å². The van der Waals surface area contributed by atoms with Crippen molar-refractivity contribution in [3.05, 3.63) is 0 Å². The van der Waals surface area contributed by atoms with Crippen LogP contribution >= 0.6 is 0 Å². The maximum Gasteiger partial charge on any atom is 0.309 e. The largest absolute Gasteiger partial charge is 0.422 e. The minimum atomic E-state index is -1.13. The number of rotatable bonds is 7. The molecule has 5 nitrogen and oxygen atoms in total. The Labute approximate surface area is 121 Å². The molecule has 20 heavy (non-hydrogen) atoms. The first kappa shape index (κ1) is 17.0. The summed E-state index contributed by atoms with van der Waals surface area (Å²) < 4.78 is 16.4. The number of hydrogen-bond acceptors (Lipinski definition) is 5. The van der Waals surface area contributed by atoms with E-state index in [1.165, 1.54) is 0 Å². The number of carbonyl (C=O) groups excluding carboxylic acids is 2. The third-order valence-electron chi connectivity index (χ3n) is 3.46. The normalized spacial score (nSPS) is 21.2. The molecular formula is C15H26O5. The monoisotopic (exact) mass is 286 g/mol. The Bertz CT molecular complexity index is 306. The highest BCUT2D eigenvalue weighted by molar-refractivity contribution is 5.72. The number of esters is 2. The fourth-order valence-corrected chi connectivity index (χ4v) is 2.48. The van der Waals surface area contributed by atoms with Crippen LogP contribution in [0, 0.1) is 0 Å². The van der Waals surface area contributed by atoms with Gasteiger partial charge in [0.05, 0.1) is 12.5 Å². The van der Waals surface area contributed by atoms with Gasteiger partial charge in [-0.2, -0.15) is 0 Å². The fourth-order valence-electron chi connectivity index (χ4n) is 2.48. The van der Waals surface area contributed by atoms with Gasteiger partial charge in [-0.05, 0) is 25.7 Å². The van der Waals surface area contributed by atoms with Gasteiger partial charge in [0.25, 0.3) is 5.79 Å². The van der Waals surface area contributed by atoms with Gasteiger partial charge in [-0.1, -0.05) is 13.8 Å². The molecule has 1 saturated carbocycles. The van der Waals surface area contributed by atoms with E-state index in [4.69, 9.17) is 14.2 Å². The molecular weight excluding hydrogens is 260 g/mol. The van der Waals surface area contributed by atoms with Crippen LogP contribution in [0.25, 0.3) is 0 Å². The van der Waals surface area contributed by atoms with E-state index < -0.39 is 5.79 Å². The second-order valence-corrected chi connectivity index (χ2v) is 5.31. The van der Waals surface area contributed by atoms with Crippen LogP contribution in [-0.2, 0) is 23.8 Å². The van der Waals surface area contributed by atoms with Gasteiger partial charge in [0.1, 0.15) is 0 Å². The van der Waals surface area contributed by atoms with E-state index in [-0.39, 0.29) is 18.0 Å². The second kappa shape index (κ2) is 8.25. The Morgan fingerprint density at radius 1 is 1.10 bits per heavy atom. The molecule has 0 heterocycles. The Kier molecular flexibility index (Phi) is 6.99. The van der Waals surface area contributed by atoms with E-state index in [1.54, 1.807) is 7.11 Å². The Hall–Kier alpha value is -1.10. The van der Waals surface area contributed by atoms with Crippen molar-refractivity contribution in [3.63, 3.8) is 0 Å². The standard InChI is InChI=1S/C15H26O5/c1-4-7-13(16)19-15(20-14(17)8-5-2)10-6-9-12(11-15)18-3/h12H,4-11H2,1-3H3. The lowest BCUT2D eigenvalue weighted by Crippen LogP contribution is -2.46. The van der Waals surface area contributed by atoms with Crippen LogP contribution < -0.4 is 0 Å². The second-order valence-electron chi connectivity index (χ2n) is 5.31. The number of carbonyl (C=O) groups is 2. The lowest BCUT2D eigenvalue weighted by atomic mass is 9.91. The summed E-state index contributed by atoms with van der Waals surface area (Å²) in [6.07, 6.45) is 4.76. The summed E-state index contributed by atoms with van der Waals surface area (Å²) >= 11 is 0. The van der Waals surface area contributed by atoms with Gasteiger partial charge < -0.3 is 14.2 Å². The summed E-state index contributed by atoms with van der Waals surface area (Å²) in [5.74, 6) is -1.75. The van der Waals surface area contributed by atoms with Crippen molar-refractivity contribution >= 4 is 11.9 Å². The lowest BCUT2D eigenvalue weighted by molar-refractivity contribution is -0.248. The van der Waals surface area contributed by atoms with Crippen molar-refractivity contribution in [2.24, 2.45) is 0 Å². The summed E-state index contributed by atoms with van der Waals surface area (Å²) in [5.41, 5.74) is 0. The van der Waals surface area contributed by atoms with Crippen LogP contribution in [0.15, 0.2) is 0 Å². The van der Waals surface area contributed by atoms with E-state index >= 15 is 0 Å². The first-order chi connectivity index (χ1) is 9.55. The molecule has 1 fully saturated rings. The predicted octanol–water partition coefficient (Wildman–Crippen LogP) is 2.96. The zero-order chi connectivity index (χ0) is 15.0. The van der Waals surface area contributed by atoms with Crippen molar-refractivity contribution in [2.75, 3.05) is 7.11 Å². The first-order valence-corrected chi connectivity index (χ1v) is 7.51. The minimum absolute atomic E-state index is 0.0346. The quantitative estimate of drug-likeness (QED) is 0.532. The molecule has 0 aromatic carbocycles. The molecule has 1 unspecified atom stereocenters. The topological polar surface area (TPSA) is 61.8 Å². The van der Waals surface area contributed by atoms with Crippen LogP contribution in [0.3, 0.4) is 0 Å². The maximum absolute atomic E-state index is 11.8. The number of methoxy groups -OCH3 is 1. The van der Waals surface area contributed by atoms with Crippen molar-refractivity contribution < 1.29 is 23.8 Å². The molecule has 0 spiro atoms. The van der Waals surface area contributed by atoms with Crippen LogP contribution in [-0.4, -0.2) is 30.9 Å². The smallest absolute Gasteiger partial charge is 0.309 e. The highest BCUT2D eigenvalue weighted by Gasteiger charge is 2.43. The van der Waals surface area contributed by atoms with Gasteiger partial charge in [0.15, 0.2) is 0 Å². The Morgan fingerprint density at radius 2 is 1.65 bits per heavy atom. The van der Waals surface area contributed by atoms with Crippen molar-refractivity contribution in [2.45, 2.75) is 77.1 Å². The molecule has 0 saturated heterocycles. The first-order valence-electron chi connectivity index (χ1n) is 7.51. The highest BCUT2D eigenvalue weighted by Crippen LogP contribution is 2.35. The molecule has 0 aliphatic heterocycles. The Balaban J connectivity index is 2.76. The molecule has 1 aliphatic carbocycles. The molecule has 1 rings (SSSR count). The highest BCUT2D eigenvalue weighted by atomic mass is 16.7. The fraction of sp³-hybridized carbons (Fsp3) is 0.867. The molecule has 0 aromatic heterocycles. The molecule has 116 valence electrons. The summed E-state index contributed by atoms with van der Waals surface area (Å²) in [5, 5.41) is 0. The molecule has 0 aromatic rings. The van der Waals surface area contributed by atoms with Crippen LogP contribution in [0.1, 0.15) is 65.2 Å². The zero-order valence-corrected chi connectivity index (χ0v) is 12.8. The van der Waals surface area contributed by atoms with E-state index in [9.17, 15) is 9.59 Å². The summed E-state index contributed by atoms with van der Waals surface area (Å²) in [6.45, 7) is 3.83. The average Bonchev–Trinajstić information content (AvgIpc) is 2.38. The molecule has 0 amide bonds. The van der Waals surface area contributed by atoms with Gasteiger partial charge in [-0.25, -0.2) is 0 Å². The molecule has 1 atom stereocenters. The van der Waals surface area contributed by atoms with E-state index in [0.29, 0.717) is 38.5 Å². The van der Waals surface area contributed by atoms with E-state index in [1.807, 2.05) is 13.8 Å². The van der Waals surface area contributed by atoms with Crippen molar-refractivity contribution in [1.82, 2.24) is 0 Å². The van der Waals surface area contributed by atoms with Crippen molar-refractivity contribution in [3.8, 4) is 0 Å². The average molecular weight is 286 g/mol. The van der Waals surface area contributed by atoms with E-state index in [0.717, 1.165) is 12.8 Å². The van der Waals surface area contributed by atoms with Crippen LogP contribution in [0.2, 0.25) is 0 Å². The molecule has 1 aliphatic rings. The van der Waals surface area contributed by atoms with Gasteiger partial charge >= 0.3 is 11.9 Å². The predicted molar refractivity (Wildman–Crippen MR) is 74.0 cm³/mol. The molecule has 0 bridgehead atoms. The van der Waals surface area contributed by atoms with Gasteiger partial charge in [0, 0.05) is 26.4 Å². The summed E-state index contributed by atoms with van der Waals surface area (Å²) in [4.78, 5) is 23.6. The van der Waals surface area contributed by atoms with E-state index in [2.05, 4.69) is 0 Å². The van der Waals surface area contributed by atoms with Gasteiger partial charge in [-0.3, -0.25) is 9.59 Å². The minimum Gasteiger partial charge on any atom is -0.422 e. The maximum atomic E-state index is 11.8. The summed E-state index contributed by atoms with van der Waals surface area (Å²) in [6, 6.07) is 0. The number of hydrogen-bond donors (Lipinski definition) is 0. The van der Waals surface area contributed by atoms with Gasteiger partial charge in [0.2, 0.25) is 0 Å². The zero-order valence-electron chi connectivity index (χ0n) is 12.8. The summed E-state index contributed by atoms with van der Waals surface area (Å²) in [7, 11) is 1.63. The third-order valence-corrected chi connectivity index (χ3v) is 3.46. The number of ether oxygens (including phenoxy) is 3. The third kappa shape index (κ3) is 5.12. The molecule has 0 radical (unpaired) electrons. The molecule has 5 heteroatoms.